The Hall–Kier alpha value is -3.46. The molecule has 2 aromatic heterocycles. The molecule has 1 aliphatic heterocycles. The summed E-state index contributed by atoms with van der Waals surface area (Å²) in [7, 11) is 0. The molecule has 156 valence electrons. The highest BCUT2D eigenvalue weighted by molar-refractivity contribution is 7.99. The minimum absolute atomic E-state index is 0.155. The van der Waals surface area contributed by atoms with E-state index in [4.69, 9.17) is 0 Å². The molecule has 31 heavy (non-hydrogen) atoms. The van der Waals surface area contributed by atoms with Crippen LogP contribution in [0.4, 0.5) is 10.1 Å². The number of aryl methyl sites for hydroxylation is 1. The van der Waals surface area contributed by atoms with Gasteiger partial charge in [-0.3, -0.25) is 14.2 Å². The van der Waals surface area contributed by atoms with Crippen LogP contribution in [0, 0.1) is 12.7 Å². The molecule has 9 heteroatoms. The molecule has 0 spiro atoms. The SMILES string of the molecule is Cc1cccc(NC(=O)CC2CSc3nc4c(cnn4-c4ccc(F)cc4)c(=O)n32)c1. The molecule has 1 unspecified atom stereocenters. The number of carbonyl (C=O) groups excluding carboxylic acids is 1. The van der Waals surface area contributed by atoms with E-state index in [2.05, 4.69) is 15.4 Å². The van der Waals surface area contributed by atoms with Crippen molar-refractivity contribution in [2.24, 2.45) is 0 Å². The summed E-state index contributed by atoms with van der Waals surface area (Å²) in [5, 5.41) is 8.08. The molecule has 1 aliphatic rings. The molecule has 1 amide bonds. The lowest BCUT2D eigenvalue weighted by atomic mass is 10.2. The van der Waals surface area contributed by atoms with Crippen LogP contribution < -0.4 is 10.9 Å². The van der Waals surface area contributed by atoms with E-state index in [0.29, 0.717) is 27.6 Å². The number of rotatable bonds is 4. The van der Waals surface area contributed by atoms with E-state index >= 15 is 0 Å². The number of nitrogens with zero attached hydrogens (tertiary/aromatic N) is 4. The van der Waals surface area contributed by atoms with Crippen LogP contribution >= 0.6 is 11.8 Å². The highest BCUT2D eigenvalue weighted by Crippen LogP contribution is 2.33. The molecular weight excluding hydrogens is 417 g/mol. The van der Waals surface area contributed by atoms with Crippen LogP contribution in [-0.2, 0) is 4.79 Å². The molecule has 0 radical (unpaired) electrons. The van der Waals surface area contributed by atoms with Crippen molar-refractivity contribution >= 4 is 34.4 Å². The topological polar surface area (TPSA) is 81.8 Å². The number of hydrogen-bond donors (Lipinski definition) is 1. The summed E-state index contributed by atoms with van der Waals surface area (Å²) in [5.74, 6) is 0.0783. The maximum Gasteiger partial charge on any atom is 0.265 e. The zero-order valence-electron chi connectivity index (χ0n) is 16.6. The minimum atomic E-state index is -0.350. The first-order valence-corrected chi connectivity index (χ1v) is 10.7. The number of anilines is 1. The van der Waals surface area contributed by atoms with Crippen LogP contribution in [0.25, 0.3) is 16.7 Å². The van der Waals surface area contributed by atoms with Gasteiger partial charge in [-0.15, -0.1) is 0 Å². The van der Waals surface area contributed by atoms with Crippen molar-refractivity contribution in [1.29, 1.82) is 0 Å². The first kappa shape index (κ1) is 19.5. The van der Waals surface area contributed by atoms with E-state index in [0.717, 1.165) is 11.3 Å². The van der Waals surface area contributed by atoms with Crippen LogP contribution in [0.5, 0.6) is 0 Å². The molecule has 0 saturated heterocycles. The molecule has 4 aromatic rings. The Balaban J connectivity index is 1.44. The van der Waals surface area contributed by atoms with Gasteiger partial charge in [0, 0.05) is 17.9 Å². The highest BCUT2D eigenvalue weighted by Gasteiger charge is 2.29. The summed E-state index contributed by atoms with van der Waals surface area (Å²) in [6, 6.07) is 13.1. The van der Waals surface area contributed by atoms with Crippen LogP contribution in [0.15, 0.2) is 64.7 Å². The Labute approximate surface area is 180 Å². The number of nitrogens with one attached hydrogen (secondary N) is 1. The van der Waals surface area contributed by atoms with Gasteiger partial charge in [-0.25, -0.2) is 14.1 Å². The number of fused-ring (bicyclic) bond motifs is 2. The van der Waals surface area contributed by atoms with E-state index < -0.39 is 0 Å². The normalized spacial score (nSPS) is 15.2. The predicted molar refractivity (Wildman–Crippen MR) is 117 cm³/mol. The number of halogens is 1. The van der Waals surface area contributed by atoms with Gasteiger partial charge < -0.3 is 5.32 Å². The summed E-state index contributed by atoms with van der Waals surface area (Å²) in [6.07, 6.45) is 1.64. The lowest BCUT2D eigenvalue weighted by Gasteiger charge is -2.13. The molecule has 7 nitrogen and oxygen atoms in total. The van der Waals surface area contributed by atoms with Gasteiger partial charge in [0.15, 0.2) is 10.8 Å². The Bertz CT molecular complexity index is 1360. The van der Waals surface area contributed by atoms with Gasteiger partial charge in [0.25, 0.3) is 5.56 Å². The highest BCUT2D eigenvalue weighted by atomic mass is 32.2. The minimum Gasteiger partial charge on any atom is -0.326 e. The van der Waals surface area contributed by atoms with Crippen molar-refractivity contribution in [3.05, 3.63) is 76.5 Å². The van der Waals surface area contributed by atoms with Crippen LogP contribution in [0.3, 0.4) is 0 Å². The number of thioether (sulfide) groups is 1. The van der Waals surface area contributed by atoms with Crippen molar-refractivity contribution in [3.8, 4) is 5.69 Å². The van der Waals surface area contributed by atoms with Gasteiger partial charge >= 0.3 is 0 Å². The third kappa shape index (κ3) is 3.61. The molecular formula is C22H18FN5O2S. The molecule has 3 heterocycles. The second-order valence-corrected chi connectivity index (χ2v) is 8.41. The van der Waals surface area contributed by atoms with E-state index in [9.17, 15) is 14.0 Å². The summed E-state index contributed by atoms with van der Waals surface area (Å²) in [4.78, 5) is 30.4. The van der Waals surface area contributed by atoms with E-state index in [1.807, 2.05) is 31.2 Å². The zero-order chi connectivity index (χ0) is 21.5. The van der Waals surface area contributed by atoms with E-state index in [1.54, 1.807) is 16.7 Å². The Morgan fingerprint density at radius 2 is 2.06 bits per heavy atom. The van der Waals surface area contributed by atoms with E-state index in [-0.39, 0.29) is 29.7 Å². The fraction of sp³-hybridized carbons (Fsp3) is 0.182. The average molecular weight is 435 g/mol. The lowest BCUT2D eigenvalue weighted by molar-refractivity contribution is -0.116. The summed E-state index contributed by atoms with van der Waals surface area (Å²) in [5.41, 5.74) is 2.59. The summed E-state index contributed by atoms with van der Waals surface area (Å²) >= 11 is 1.44. The van der Waals surface area contributed by atoms with Crippen molar-refractivity contribution in [3.63, 3.8) is 0 Å². The first-order chi connectivity index (χ1) is 15.0. The second kappa shape index (κ2) is 7.66. The summed E-state index contributed by atoms with van der Waals surface area (Å²) < 4.78 is 16.4. The van der Waals surface area contributed by atoms with Crippen molar-refractivity contribution in [1.82, 2.24) is 19.3 Å². The maximum absolute atomic E-state index is 13.3. The first-order valence-electron chi connectivity index (χ1n) is 9.75. The number of hydrogen-bond acceptors (Lipinski definition) is 5. The maximum atomic E-state index is 13.3. The number of carbonyl (C=O) groups is 1. The second-order valence-electron chi connectivity index (χ2n) is 7.43. The average Bonchev–Trinajstić information content (AvgIpc) is 3.34. The molecule has 0 saturated carbocycles. The molecule has 0 fully saturated rings. The van der Waals surface area contributed by atoms with Gasteiger partial charge in [0.2, 0.25) is 5.91 Å². The van der Waals surface area contributed by atoms with Crippen molar-refractivity contribution < 1.29 is 9.18 Å². The predicted octanol–water partition coefficient (Wildman–Crippen LogP) is 3.71. The number of amides is 1. The number of aromatic nitrogens is 4. The molecule has 1 atom stereocenters. The van der Waals surface area contributed by atoms with Gasteiger partial charge in [-0.1, -0.05) is 23.9 Å². The van der Waals surface area contributed by atoms with Crippen molar-refractivity contribution in [2.75, 3.05) is 11.1 Å². The smallest absolute Gasteiger partial charge is 0.265 e. The third-order valence-electron chi connectivity index (χ3n) is 5.16. The zero-order valence-corrected chi connectivity index (χ0v) is 17.4. The van der Waals surface area contributed by atoms with Gasteiger partial charge in [0.1, 0.15) is 11.2 Å². The monoisotopic (exact) mass is 435 g/mol. The Morgan fingerprint density at radius 3 is 2.84 bits per heavy atom. The van der Waals surface area contributed by atoms with E-state index in [1.165, 1.54) is 34.8 Å². The fourth-order valence-electron chi connectivity index (χ4n) is 3.70. The van der Waals surface area contributed by atoms with Gasteiger partial charge in [-0.05, 0) is 48.9 Å². The molecule has 0 bridgehead atoms. The Kier molecular flexibility index (Phi) is 4.82. The van der Waals surface area contributed by atoms with Crippen molar-refractivity contribution in [2.45, 2.75) is 24.5 Å². The molecule has 1 N–H and O–H groups in total. The summed E-state index contributed by atoms with van der Waals surface area (Å²) in [6.45, 7) is 1.96. The van der Waals surface area contributed by atoms with Gasteiger partial charge in [0.05, 0.1) is 17.9 Å². The molecule has 5 rings (SSSR count). The third-order valence-corrected chi connectivity index (χ3v) is 6.26. The quantitative estimate of drug-likeness (QED) is 0.494. The molecule has 0 aliphatic carbocycles. The van der Waals surface area contributed by atoms with Crippen LogP contribution in [-0.4, -0.2) is 31.0 Å². The largest absolute Gasteiger partial charge is 0.326 e. The standard InChI is InChI=1S/C22H18FN5O2S/c1-13-3-2-4-15(9-13)25-19(29)10-17-12-31-22-26-20-18(21(30)27(17)22)11-24-28(20)16-7-5-14(23)6-8-16/h2-9,11,17H,10,12H2,1H3,(H,25,29). The lowest BCUT2D eigenvalue weighted by Crippen LogP contribution is -2.27. The van der Waals surface area contributed by atoms with Gasteiger partial charge in [-0.2, -0.15) is 5.10 Å². The number of benzene rings is 2. The Morgan fingerprint density at radius 1 is 1.26 bits per heavy atom. The fourth-order valence-corrected chi connectivity index (χ4v) is 4.83. The molecule has 2 aromatic carbocycles. The van der Waals surface area contributed by atoms with Crippen LogP contribution in [0.2, 0.25) is 0 Å². The van der Waals surface area contributed by atoms with Crippen LogP contribution in [0.1, 0.15) is 18.0 Å².